The first-order valence-corrected chi connectivity index (χ1v) is 36.9. The molecule has 4 aliphatic heterocycles. The summed E-state index contributed by atoms with van der Waals surface area (Å²) in [5, 5.41) is -0.135. The van der Waals surface area contributed by atoms with Crippen LogP contribution in [0.1, 0.15) is 166 Å². The number of benzene rings is 6. The molecule has 102 heavy (non-hydrogen) atoms. The van der Waals surface area contributed by atoms with Crippen molar-refractivity contribution in [2.45, 2.75) is 109 Å². The van der Waals surface area contributed by atoms with E-state index in [0.29, 0.717) is 105 Å². The lowest BCUT2D eigenvalue weighted by atomic mass is 9.83. The van der Waals surface area contributed by atoms with Crippen LogP contribution in [0.2, 0.25) is 0 Å². The molecule has 4 aliphatic rings. The average molecular weight is 1420 g/mol. The molecule has 0 saturated heterocycles. The number of aromatic nitrogens is 2. The maximum atomic E-state index is 16.6. The zero-order valence-electron chi connectivity index (χ0n) is 61.1. The number of thioether (sulfide) groups is 2. The minimum absolute atomic E-state index is 0.0674. The second kappa shape index (κ2) is 29.9. The number of esters is 2. The summed E-state index contributed by atoms with van der Waals surface area (Å²) in [6.07, 6.45) is 2.71. The number of halogens is 4. The predicted molar refractivity (Wildman–Crippen MR) is 413 cm³/mol. The van der Waals surface area contributed by atoms with Crippen LogP contribution in [-0.4, -0.2) is 118 Å². The molecule has 0 atom stereocenters. The predicted octanol–water partition coefficient (Wildman–Crippen LogP) is 18.7. The summed E-state index contributed by atoms with van der Waals surface area (Å²) in [5.74, 6) is -0.190. The quantitative estimate of drug-likeness (QED) is 0.0317. The molecule has 0 fully saturated rings. The summed E-state index contributed by atoms with van der Waals surface area (Å²) in [5.41, 5.74) is 23.6. The molecule has 0 bridgehead atoms. The van der Waals surface area contributed by atoms with Gasteiger partial charge in [-0.3, -0.25) is 9.59 Å². The molecule has 12 nitrogen and oxygen atoms in total. The van der Waals surface area contributed by atoms with Crippen molar-refractivity contribution in [1.82, 2.24) is 8.96 Å². The van der Waals surface area contributed by atoms with E-state index in [0.717, 1.165) is 124 Å². The number of nitrogens with zero attached hydrogens (tertiary/aromatic N) is 6. The molecule has 0 amide bonds. The molecule has 0 saturated carbocycles. The summed E-state index contributed by atoms with van der Waals surface area (Å²) in [6, 6.07) is 45.2. The van der Waals surface area contributed by atoms with Crippen molar-refractivity contribution < 1.29 is 54.9 Å². The minimum atomic E-state index is -4.08. The van der Waals surface area contributed by atoms with E-state index in [-0.39, 0.29) is 23.4 Å². The van der Waals surface area contributed by atoms with Gasteiger partial charge in [-0.15, -0.1) is 0 Å². The Hall–Kier alpha value is -9.39. The summed E-state index contributed by atoms with van der Waals surface area (Å²) in [6.45, 7) is 15.3. The molecule has 20 heteroatoms. The first-order chi connectivity index (χ1) is 48.6. The molecule has 0 aliphatic carbocycles. The first-order valence-electron chi connectivity index (χ1n) is 34.9. The monoisotopic (exact) mass is 1410 g/mol. The molecule has 2 aromatic heterocycles. The number of hydrogen-bond donors (Lipinski definition) is 0. The van der Waals surface area contributed by atoms with Crippen LogP contribution in [0.3, 0.4) is 0 Å². The molecule has 528 valence electrons. The van der Waals surface area contributed by atoms with Crippen LogP contribution < -0.4 is 9.80 Å². The molecule has 8 aromatic rings. The molecule has 6 aromatic carbocycles. The molecule has 0 radical (unpaired) electrons. The Morgan fingerprint density at radius 2 is 0.696 bits per heavy atom. The number of ether oxygens (including phenoxy) is 2. The van der Waals surface area contributed by atoms with E-state index in [1.807, 2.05) is 218 Å². The topological polar surface area (TPSA) is 109 Å². The van der Waals surface area contributed by atoms with Crippen LogP contribution in [0.4, 0.5) is 28.6 Å². The van der Waals surface area contributed by atoms with Gasteiger partial charge in [0.05, 0.1) is 22.3 Å². The van der Waals surface area contributed by atoms with Crippen molar-refractivity contribution in [3.8, 4) is 22.3 Å². The highest BCUT2D eigenvalue weighted by Gasteiger charge is 2.58. The standard InChI is InChI=1S/2C41H44BF2N3O3S/c2*1-9-35-25(3)38-37(39-26(4)36(10-2)28(6)47(39)42(43,44)46(38)27(35)5)31-15-11-29(12-16-31)30-13-17-32(18-14-30)40(48)50-23-24-51-41(49)33-19-21-34(22-20-33)45(7)8/h2*11-22H,9-10,23-24H2,1-8H3. The molecule has 12 rings (SSSR count). The summed E-state index contributed by atoms with van der Waals surface area (Å²) in [7, 11) is 7.78. The van der Waals surface area contributed by atoms with Crippen LogP contribution in [0.5, 0.6) is 0 Å². The zero-order chi connectivity index (χ0) is 73.5. The van der Waals surface area contributed by atoms with E-state index in [1.54, 1.807) is 48.5 Å². The van der Waals surface area contributed by atoms with Gasteiger partial charge in [0.25, 0.3) is 0 Å². The molecule has 0 unspecified atom stereocenters. The molecule has 0 spiro atoms. The summed E-state index contributed by atoms with van der Waals surface area (Å²) < 4.78 is 82.4. The third kappa shape index (κ3) is 13.4. The molecule has 0 N–H and O–H groups in total. The highest BCUT2D eigenvalue weighted by molar-refractivity contribution is 8.14. The second-order valence-corrected chi connectivity index (χ2v) is 28.8. The highest BCUT2D eigenvalue weighted by Crippen LogP contribution is 2.50. The van der Waals surface area contributed by atoms with Crippen molar-refractivity contribution in [3.63, 3.8) is 0 Å². The van der Waals surface area contributed by atoms with E-state index in [2.05, 4.69) is 0 Å². The van der Waals surface area contributed by atoms with Crippen molar-refractivity contribution in [2.75, 3.05) is 62.7 Å². The average Bonchev–Trinajstić information content (AvgIpc) is 1.53. The van der Waals surface area contributed by atoms with Crippen molar-refractivity contribution in [3.05, 3.63) is 258 Å². The van der Waals surface area contributed by atoms with Gasteiger partial charge < -0.3 is 54.5 Å². The lowest BCUT2D eigenvalue weighted by molar-refractivity contribution is -0.364. The van der Waals surface area contributed by atoms with Crippen molar-refractivity contribution in [2.24, 2.45) is 0 Å². The van der Waals surface area contributed by atoms with E-state index < -0.39 is 25.9 Å². The third-order valence-electron chi connectivity index (χ3n) is 20.6. The number of allylic oxidation sites excluding steroid dienone is 4. The summed E-state index contributed by atoms with van der Waals surface area (Å²) >= 11 is 2.24. The fraction of sp³-hybridized carbons (Fsp3) is 0.293. The molecular weight excluding hydrogens is 1330 g/mol. The van der Waals surface area contributed by atoms with Gasteiger partial charge in [0.1, 0.15) is 24.6 Å². The second-order valence-electron chi connectivity index (χ2n) is 26.7. The van der Waals surface area contributed by atoms with Crippen LogP contribution in [0.15, 0.2) is 179 Å². The fourth-order valence-electron chi connectivity index (χ4n) is 15.4. The van der Waals surface area contributed by atoms with Gasteiger partial charge in [-0.1, -0.05) is 124 Å². The van der Waals surface area contributed by atoms with Crippen LogP contribution in [0.25, 0.3) is 33.4 Å². The van der Waals surface area contributed by atoms with E-state index >= 15 is 17.3 Å². The first kappa shape index (κ1) is 73.8. The number of carbonyl (C=O) groups excluding carboxylic acids is 4. The van der Waals surface area contributed by atoms with Crippen molar-refractivity contribution >= 4 is 93.6 Å². The van der Waals surface area contributed by atoms with Gasteiger partial charge in [0.15, 0.2) is 11.4 Å². The van der Waals surface area contributed by atoms with Crippen molar-refractivity contribution in [1.29, 1.82) is 0 Å². The molecular formula is C82H88B2F4N6O6S2. The number of fused-ring (bicyclic) bond motifs is 4. The number of rotatable bonds is 20. The van der Waals surface area contributed by atoms with Gasteiger partial charge in [-0.25, -0.2) is 9.59 Å². The maximum Gasteiger partial charge on any atom is 0.737 e. The van der Waals surface area contributed by atoms with E-state index in [1.165, 1.54) is 17.9 Å². The lowest BCUT2D eigenvalue weighted by Crippen LogP contribution is -2.51. The van der Waals surface area contributed by atoms with E-state index in [9.17, 15) is 19.2 Å². The Morgan fingerprint density at radius 1 is 0.412 bits per heavy atom. The smallest absolute Gasteiger partial charge is 0.461 e. The van der Waals surface area contributed by atoms with Gasteiger partial charge in [0.2, 0.25) is 10.2 Å². The number of anilines is 2. The maximum absolute atomic E-state index is 16.6. The zero-order valence-corrected chi connectivity index (χ0v) is 62.8. The van der Waals surface area contributed by atoms with Crippen LogP contribution in [0, 0.1) is 27.7 Å². The Kier molecular flexibility index (Phi) is 21.6. The highest BCUT2D eigenvalue weighted by atomic mass is 32.2. The third-order valence-corrected chi connectivity index (χ3v) is 22.3. The van der Waals surface area contributed by atoms with E-state index in [4.69, 9.17) is 9.47 Å². The van der Waals surface area contributed by atoms with Crippen LogP contribution >= 0.6 is 23.5 Å². The van der Waals surface area contributed by atoms with Gasteiger partial charge >= 0.3 is 25.9 Å². The Bertz CT molecular complexity index is 4560. The largest absolute Gasteiger partial charge is 0.737 e. The van der Waals surface area contributed by atoms with Crippen LogP contribution in [-0.2, 0) is 22.3 Å². The normalized spacial score (nSPS) is 14.9. The summed E-state index contributed by atoms with van der Waals surface area (Å²) in [4.78, 5) is 54.5. The fourth-order valence-corrected chi connectivity index (χ4v) is 16.7. The lowest BCUT2D eigenvalue weighted by Gasteiger charge is -2.34. The number of hydrogen-bond acceptors (Lipinski definition) is 10. The Morgan fingerprint density at radius 3 is 0.980 bits per heavy atom. The SMILES string of the molecule is CCC1=C(C)C2=C(c3ccc(-c4ccc(C(=O)OCCSC(=O)c5ccc(N(C)C)cc5)cc4)cc3)c3c(C)c(CC)c(C)n3[B-](F)(F)[N+]2=C1C.CCC1=C(C)C2=C(c3ccc(-c4ccc(C(=O)OCCSC(=O)c5ccc(N(C)C)cc5)cc4)cc3)c3c(C)c(CC)c(C)n3[B-](F)(F)[N+]2=C1C. The van der Waals surface area contributed by atoms with Gasteiger partial charge in [0, 0.05) is 110 Å². The van der Waals surface area contributed by atoms with Gasteiger partial charge in [-0.2, -0.15) is 0 Å². The molecule has 6 heterocycles. The Balaban J connectivity index is 0.000000205. The number of carbonyl (C=O) groups is 4. The Labute approximate surface area is 605 Å². The van der Waals surface area contributed by atoms with Gasteiger partial charge in [-0.05, 0) is 207 Å². The minimum Gasteiger partial charge on any atom is -0.461 e.